The van der Waals surface area contributed by atoms with Gasteiger partial charge in [0, 0.05) is 12.2 Å². The van der Waals surface area contributed by atoms with E-state index in [9.17, 15) is 9.59 Å². The van der Waals surface area contributed by atoms with Crippen LogP contribution in [0.25, 0.3) is 0 Å². The van der Waals surface area contributed by atoms with Gasteiger partial charge >= 0.3 is 11.9 Å². The van der Waals surface area contributed by atoms with Crippen molar-refractivity contribution in [3.63, 3.8) is 0 Å². The molecule has 0 spiro atoms. The SMILES string of the molecule is CCCCCC(C)OC(=O)/C=C/C(=O)Oc1ccccc1OC. The van der Waals surface area contributed by atoms with Crippen molar-refractivity contribution in [2.45, 2.75) is 45.6 Å². The summed E-state index contributed by atoms with van der Waals surface area (Å²) in [7, 11) is 1.49. The van der Waals surface area contributed by atoms with Crippen LogP contribution in [0.5, 0.6) is 11.5 Å². The molecule has 1 atom stereocenters. The van der Waals surface area contributed by atoms with Crippen LogP contribution in [0.15, 0.2) is 36.4 Å². The number of carbonyl (C=O) groups excluding carboxylic acids is 2. The van der Waals surface area contributed by atoms with Crippen LogP contribution >= 0.6 is 0 Å². The van der Waals surface area contributed by atoms with Crippen molar-refractivity contribution in [2.24, 2.45) is 0 Å². The number of benzene rings is 1. The number of hydrogen-bond donors (Lipinski definition) is 0. The molecule has 0 saturated heterocycles. The summed E-state index contributed by atoms with van der Waals surface area (Å²) in [5.41, 5.74) is 0. The van der Waals surface area contributed by atoms with E-state index in [1.54, 1.807) is 24.3 Å². The molecule has 0 aliphatic rings. The third kappa shape index (κ3) is 7.49. The zero-order valence-corrected chi connectivity index (χ0v) is 13.9. The minimum Gasteiger partial charge on any atom is -0.493 e. The number of rotatable bonds is 9. The van der Waals surface area contributed by atoms with Crippen molar-refractivity contribution in [3.05, 3.63) is 36.4 Å². The van der Waals surface area contributed by atoms with Gasteiger partial charge in [-0.3, -0.25) is 0 Å². The average molecular weight is 320 g/mol. The largest absolute Gasteiger partial charge is 0.493 e. The summed E-state index contributed by atoms with van der Waals surface area (Å²) >= 11 is 0. The van der Waals surface area contributed by atoms with E-state index in [0.29, 0.717) is 11.5 Å². The van der Waals surface area contributed by atoms with E-state index in [1.807, 2.05) is 6.92 Å². The summed E-state index contributed by atoms with van der Waals surface area (Å²) in [5.74, 6) is -0.469. The molecule has 0 fully saturated rings. The van der Waals surface area contributed by atoms with Crippen molar-refractivity contribution in [2.75, 3.05) is 7.11 Å². The van der Waals surface area contributed by atoms with Gasteiger partial charge in [-0.25, -0.2) is 9.59 Å². The predicted molar refractivity (Wildman–Crippen MR) is 87.5 cm³/mol. The Morgan fingerprint density at radius 3 is 2.39 bits per heavy atom. The van der Waals surface area contributed by atoms with Gasteiger partial charge in [0.2, 0.25) is 0 Å². The van der Waals surface area contributed by atoms with E-state index in [-0.39, 0.29) is 6.10 Å². The topological polar surface area (TPSA) is 61.8 Å². The van der Waals surface area contributed by atoms with Crippen molar-refractivity contribution in [3.8, 4) is 11.5 Å². The number of para-hydroxylation sites is 2. The molecule has 0 saturated carbocycles. The number of carbonyl (C=O) groups is 2. The van der Waals surface area contributed by atoms with Crippen molar-refractivity contribution in [1.82, 2.24) is 0 Å². The van der Waals surface area contributed by atoms with E-state index >= 15 is 0 Å². The van der Waals surface area contributed by atoms with Gasteiger partial charge in [0.1, 0.15) is 0 Å². The van der Waals surface area contributed by atoms with Gasteiger partial charge in [-0.1, -0.05) is 31.9 Å². The molecule has 23 heavy (non-hydrogen) atoms. The van der Waals surface area contributed by atoms with Crippen LogP contribution in [0.1, 0.15) is 39.5 Å². The Hall–Kier alpha value is -2.30. The molecule has 5 nitrogen and oxygen atoms in total. The van der Waals surface area contributed by atoms with E-state index in [4.69, 9.17) is 14.2 Å². The van der Waals surface area contributed by atoms with Gasteiger partial charge in [0.05, 0.1) is 13.2 Å². The van der Waals surface area contributed by atoms with Crippen LogP contribution < -0.4 is 9.47 Å². The summed E-state index contributed by atoms with van der Waals surface area (Å²) in [6.45, 7) is 3.96. The Bertz CT molecular complexity index is 536. The van der Waals surface area contributed by atoms with Gasteiger partial charge in [-0.05, 0) is 31.9 Å². The number of hydrogen-bond acceptors (Lipinski definition) is 5. The molecular formula is C18H24O5. The molecule has 5 heteroatoms. The molecule has 1 rings (SSSR count). The molecule has 0 aliphatic carbocycles. The summed E-state index contributed by atoms with van der Waals surface area (Å²) in [6, 6.07) is 6.78. The van der Waals surface area contributed by atoms with Gasteiger partial charge in [-0.2, -0.15) is 0 Å². The summed E-state index contributed by atoms with van der Waals surface area (Å²) in [5, 5.41) is 0. The normalized spacial score (nSPS) is 12.0. The highest BCUT2D eigenvalue weighted by Gasteiger charge is 2.09. The predicted octanol–water partition coefficient (Wildman–Crippen LogP) is 3.67. The second kappa shape index (κ2) is 10.4. The number of esters is 2. The van der Waals surface area contributed by atoms with Gasteiger partial charge in [-0.15, -0.1) is 0 Å². The number of unbranched alkanes of at least 4 members (excludes halogenated alkanes) is 2. The molecule has 1 unspecified atom stereocenters. The fourth-order valence-corrected chi connectivity index (χ4v) is 1.96. The highest BCUT2D eigenvalue weighted by atomic mass is 16.6. The van der Waals surface area contributed by atoms with Crippen molar-refractivity contribution in [1.29, 1.82) is 0 Å². The highest BCUT2D eigenvalue weighted by molar-refractivity contribution is 5.92. The second-order valence-corrected chi connectivity index (χ2v) is 5.15. The lowest BCUT2D eigenvalue weighted by Gasteiger charge is -2.11. The number of methoxy groups -OCH3 is 1. The fourth-order valence-electron chi connectivity index (χ4n) is 1.96. The van der Waals surface area contributed by atoms with Gasteiger partial charge in [0.15, 0.2) is 11.5 Å². The molecule has 126 valence electrons. The van der Waals surface area contributed by atoms with Crippen LogP contribution in [0, 0.1) is 0 Å². The van der Waals surface area contributed by atoms with Crippen LogP contribution in [0.2, 0.25) is 0 Å². The molecule has 1 aromatic carbocycles. The first-order chi connectivity index (χ1) is 11.1. The number of ether oxygens (including phenoxy) is 3. The molecule has 0 heterocycles. The zero-order valence-electron chi connectivity index (χ0n) is 13.9. The monoisotopic (exact) mass is 320 g/mol. The Morgan fingerprint density at radius 1 is 1.09 bits per heavy atom. The molecule has 0 N–H and O–H groups in total. The first kappa shape index (κ1) is 18.7. The molecule has 0 aromatic heterocycles. The average Bonchev–Trinajstić information content (AvgIpc) is 2.53. The Kier molecular flexibility index (Phi) is 8.50. The van der Waals surface area contributed by atoms with Crippen LogP contribution in [-0.2, 0) is 14.3 Å². The van der Waals surface area contributed by atoms with Crippen molar-refractivity contribution >= 4 is 11.9 Å². The third-order valence-corrected chi connectivity index (χ3v) is 3.17. The van der Waals surface area contributed by atoms with E-state index in [0.717, 1.165) is 37.8 Å². The van der Waals surface area contributed by atoms with E-state index < -0.39 is 11.9 Å². The lowest BCUT2D eigenvalue weighted by molar-refractivity contribution is -0.143. The first-order valence-corrected chi connectivity index (χ1v) is 7.80. The maximum Gasteiger partial charge on any atom is 0.336 e. The first-order valence-electron chi connectivity index (χ1n) is 7.80. The van der Waals surface area contributed by atoms with Crippen LogP contribution in [0.4, 0.5) is 0 Å². The maximum absolute atomic E-state index is 11.7. The molecule has 0 aliphatic heterocycles. The van der Waals surface area contributed by atoms with E-state index in [1.165, 1.54) is 7.11 Å². The molecule has 0 amide bonds. The molecular weight excluding hydrogens is 296 g/mol. The lowest BCUT2D eigenvalue weighted by atomic mass is 10.1. The quantitative estimate of drug-likeness (QED) is 0.301. The van der Waals surface area contributed by atoms with Crippen LogP contribution in [0.3, 0.4) is 0 Å². The highest BCUT2D eigenvalue weighted by Crippen LogP contribution is 2.25. The maximum atomic E-state index is 11.7. The Balaban J connectivity index is 2.43. The lowest BCUT2D eigenvalue weighted by Crippen LogP contribution is -2.13. The molecule has 0 radical (unpaired) electrons. The Morgan fingerprint density at radius 2 is 1.74 bits per heavy atom. The fraction of sp³-hybridized carbons (Fsp3) is 0.444. The van der Waals surface area contributed by atoms with Crippen LogP contribution in [-0.4, -0.2) is 25.2 Å². The van der Waals surface area contributed by atoms with Gasteiger partial charge < -0.3 is 14.2 Å². The summed E-state index contributed by atoms with van der Waals surface area (Å²) in [4.78, 5) is 23.3. The van der Waals surface area contributed by atoms with E-state index in [2.05, 4.69) is 6.92 Å². The second-order valence-electron chi connectivity index (χ2n) is 5.15. The summed E-state index contributed by atoms with van der Waals surface area (Å²) in [6.07, 6.45) is 6.03. The third-order valence-electron chi connectivity index (χ3n) is 3.17. The standard InChI is InChI=1S/C18H24O5/c1-4-5-6-9-14(2)22-17(19)12-13-18(20)23-16-11-8-7-10-15(16)21-3/h7-8,10-14H,4-6,9H2,1-3H3/b13-12+. The smallest absolute Gasteiger partial charge is 0.336 e. The molecule has 0 bridgehead atoms. The molecule has 1 aromatic rings. The van der Waals surface area contributed by atoms with Gasteiger partial charge in [0.25, 0.3) is 0 Å². The minimum atomic E-state index is -0.662. The Labute approximate surface area is 137 Å². The summed E-state index contributed by atoms with van der Waals surface area (Å²) < 4.78 is 15.4. The van der Waals surface area contributed by atoms with Crippen molar-refractivity contribution < 1.29 is 23.8 Å². The zero-order chi connectivity index (χ0) is 17.1. The minimum absolute atomic E-state index is 0.163.